The van der Waals surface area contributed by atoms with E-state index in [1.165, 1.54) is 0 Å². The van der Waals surface area contributed by atoms with E-state index in [4.69, 9.17) is 5.11 Å². The van der Waals surface area contributed by atoms with Crippen molar-refractivity contribution in [3.8, 4) is 0 Å². The van der Waals surface area contributed by atoms with E-state index in [2.05, 4.69) is 20.8 Å². The van der Waals surface area contributed by atoms with Crippen molar-refractivity contribution >= 4 is 5.78 Å². The van der Waals surface area contributed by atoms with Gasteiger partial charge < -0.3 is 5.11 Å². The number of rotatable bonds is 4. The quantitative estimate of drug-likeness (QED) is 0.732. The largest absolute Gasteiger partial charge is 0.395 e. The Kier molecular flexibility index (Phi) is 4.11. The molecule has 0 saturated heterocycles. The fourth-order valence-electron chi connectivity index (χ4n) is 1.02. The van der Waals surface area contributed by atoms with Gasteiger partial charge in [-0.15, -0.1) is 0 Å². The topological polar surface area (TPSA) is 37.3 Å². The number of ketones is 1. The lowest BCUT2D eigenvalue weighted by Gasteiger charge is -2.28. The Morgan fingerprint density at radius 1 is 1.15 bits per heavy atom. The Morgan fingerprint density at radius 3 is 1.85 bits per heavy atom. The molecule has 0 fully saturated rings. The molecule has 13 heavy (non-hydrogen) atoms. The van der Waals surface area contributed by atoms with Gasteiger partial charge in [-0.05, 0) is 25.2 Å². The molecule has 0 amide bonds. The van der Waals surface area contributed by atoms with Crippen molar-refractivity contribution in [2.45, 2.75) is 47.5 Å². The van der Waals surface area contributed by atoms with Crippen molar-refractivity contribution in [2.75, 3.05) is 6.61 Å². The summed E-state index contributed by atoms with van der Waals surface area (Å²) in [7, 11) is 0. The maximum atomic E-state index is 11.3. The molecule has 0 heterocycles. The number of carbonyl (C=O) groups is 1. The van der Waals surface area contributed by atoms with E-state index < -0.39 is 5.41 Å². The van der Waals surface area contributed by atoms with Gasteiger partial charge >= 0.3 is 0 Å². The van der Waals surface area contributed by atoms with Crippen molar-refractivity contribution in [1.82, 2.24) is 0 Å². The normalized spacial score (nSPS) is 16.8. The summed E-state index contributed by atoms with van der Waals surface area (Å²) in [6.07, 6.45) is 1.73. The van der Waals surface area contributed by atoms with Crippen LogP contribution in [0, 0.1) is 10.8 Å². The molecule has 2 nitrogen and oxygen atoms in total. The van der Waals surface area contributed by atoms with E-state index in [1.54, 1.807) is 6.92 Å². The molecular weight excluding hydrogens is 164 g/mol. The lowest BCUT2D eigenvalue weighted by Crippen LogP contribution is -2.31. The van der Waals surface area contributed by atoms with Gasteiger partial charge in [0.05, 0.1) is 6.61 Å². The molecule has 0 aromatic heterocycles. The third-order valence-corrected chi connectivity index (χ3v) is 2.63. The minimum absolute atomic E-state index is 0.0432. The van der Waals surface area contributed by atoms with Gasteiger partial charge in [-0.25, -0.2) is 0 Å². The van der Waals surface area contributed by atoms with Crippen LogP contribution in [0.5, 0.6) is 0 Å². The van der Waals surface area contributed by atoms with Gasteiger partial charge in [0.15, 0.2) is 0 Å². The summed E-state index contributed by atoms with van der Waals surface area (Å²) < 4.78 is 0. The summed E-state index contributed by atoms with van der Waals surface area (Å²) in [5.74, 6) is 0.0826. The highest BCUT2D eigenvalue weighted by molar-refractivity contribution is 5.81. The maximum absolute atomic E-state index is 11.3. The summed E-state index contributed by atoms with van der Waals surface area (Å²) in [5, 5.41) is 9.13. The summed E-state index contributed by atoms with van der Waals surface area (Å²) >= 11 is 0. The van der Waals surface area contributed by atoms with Crippen LogP contribution >= 0.6 is 0 Å². The number of aliphatic hydroxyl groups is 1. The van der Waals surface area contributed by atoms with E-state index in [9.17, 15) is 4.79 Å². The van der Waals surface area contributed by atoms with E-state index in [0.29, 0.717) is 0 Å². The Hall–Kier alpha value is -0.370. The molecule has 0 rings (SSSR count). The molecule has 78 valence electrons. The SMILES string of the molecule is CC(=O)[C@@](C)(CO)CCC(C)(C)C. The van der Waals surface area contributed by atoms with Crippen LogP contribution in [0.1, 0.15) is 47.5 Å². The molecule has 0 aromatic carbocycles. The molecule has 0 radical (unpaired) electrons. The second-order valence-corrected chi connectivity index (χ2v) is 5.34. The molecular formula is C11H22O2. The molecule has 0 aromatic rings. The predicted octanol–water partition coefficient (Wildman–Crippen LogP) is 2.40. The Morgan fingerprint density at radius 2 is 1.62 bits per heavy atom. The molecule has 0 aliphatic carbocycles. The molecule has 0 unspecified atom stereocenters. The van der Waals surface area contributed by atoms with Crippen molar-refractivity contribution < 1.29 is 9.90 Å². The molecule has 1 atom stereocenters. The zero-order valence-corrected chi connectivity index (χ0v) is 9.48. The standard InChI is InChI=1S/C11H22O2/c1-9(13)11(5,8-12)7-6-10(2,3)4/h12H,6-8H2,1-5H3/t11-/m1/s1. The molecule has 1 N–H and O–H groups in total. The van der Waals surface area contributed by atoms with Crippen molar-refractivity contribution in [3.63, 3.8) is 0 Å². The van der Waals surface area contributed by atoms with Gasteiger partial charge in [0, 0.05) is 5.41 Å². The summed E-state index contributed by atoms with van der Waals surface area (Å²) in [5.41, 5.74) is -0.306. The van der Waals surface area contributed by atoms with E-state index >= 15 is 0 Å². The first-order chi connectivity index (χ1) is 5.71. The molecule has 0 bridgehead atoms. The Labute approximate surface area is 81.3 Å². The zero-order valence-electron chi connectivity index (χ0n) is 9.48. The van der Waals surface area contributed by atoms with Crippen LogP contribution < -0.4 is 0 Å². The number of carbonyl (C=O) groups excluding carboxylic acids is 1. The third-order valence-electron chi connectivity index (χ3n) is 2.63. The predicted molar refractivity (Wildman–Crippen MR) is 54.6 cm³/mol. The van der Waals surface area contributed by atoms with E-state index in [1.807, 2.05) is 6.92 Å². The number of aliphatic hydroxyl groups excluding tert-OH is 1. The highest BCUT2D eigenvalue weighted by Gasteiger charge is 2.30. The Bertz CT molecular complexity index is 179. The Balaban J connectivity index is 4.22. The number of Topliss-reactive ketones (excluding diaryl/α,β-unsaturated/α-hetero) is 1. The van der Waals surface area contributed by atoms with Crippen LogP contribution in [0.2, 0.25) is 0 Å². The summed E-state index contributed by atoms with van der Waals surface area (Å²) in [4.78, 5) is 11.3. The lowest BCUT2D eigenvalue weighted by molar-refractivity contribution is -0.128. The van der Waals surface area contributed by atoms with Gasteiger partial charge in [-0.1, -0.05) is 27.7 Å². The lowest BCUT2D eigenvalue weighted by atomic mass is 9.77. The van der Waals surface area contributed by atoms with Crippen LogP contribution in [-0.4, -0.2) is 17.5 Å². The van der Waals surface area contributed by atoms with Crippen LogP contribution in [0.15, 0.2) is 0 Å². The summed E-state index contributed by atoms with van der Waals surface area (Å²) in [6, 6.07) is 0. The van der Waals surface area contributed by atoms with Crippen LogP contribution in [-0.2, 0) is 4.79 Å². The number of hydrogen-bond acceptors (Lipinski definition) is 2. The zero-order chi connectivity index (χ0) is 10.7. The molecule has 0 aliphatic heterocycles. The van der Waals surface area contributed by atoms with Crippen LogP contribution in [0.25, 0.3) is 0 Å². The highest BCUT2D eigenvalue weighted by Crippen LogP contribution is 2.30. The smallest absolute Gasteiger partial charge is 0.137 e. The van der Waals surface area contributed by atoms with Crippen molar-refractivity contribution in [1.29, 1.82) is 0 Å². The fraction of sp³-hybridized carbons (Fsp3) is 0.909. The minimum atomic E-state index is -0.534. The molecule has 0 saturated carbocycles. The van der Waals surface area contributed by atoms with Gasteiger partial charge in [0.2, 0.25) is 0 Å². The van der Waals surface area contributed by atoms with Crippen molar-refractivity contribution in [2.24, 2.45) is 10.8 Å². The van der Waals surface area contributed by atoms with Gasteiger partial charge in [-0.3, -0.25) is 4.79 Å². The third kappa shape index (κ3) is 4.41. The molecule has 0 aliphatic rings. The first-order valence-corrected chi connectivity index (χ1v) is 4.83. The van der Waals surface area contributed by atoms with Crippen LogP contribution in [0.3, 0.4) is 0 Å². The first-order valence-electron chi connectivity index (χ1n) is 4.83. The second-order valence-electron chi connectivity index (χ2n) is 5.34. The van der Waals surface area contributed by atoms with Gasteiger partial charge in [0.25, 0.3) is 0 Å². The monoisotopic (exact) mass is 186 g/mol. The summed E-state index contributed by atoms with van der Waals surface area (Å²) in [6.45, 7) is 9.78. The minimum Gasteiger partial charge on any atom is -0.395 e. The van der Waals surface area contributed by atoms with Gasteiger partial charge in [0.1, 0.15) is 5.78 Å². The maximum Gasteiger partial charge on any atom is 0.137 e. The first kappa shape index (κ1) is 12.6. The van der Waals surface area contributed by atoms with E-state index in [-0.39, 0.29) is 17.8 Å². The fourth-order valence-corrected chi connectivity index (χ4v) is 1.02. The average molecular weight is 186 g/mol. The number of hydrogen-bond donors (Lipinski definition) is 1. The second kappa shape index (κ2) is 4.23. The highest BCUT2D eigenvalue weighted by atomic mass is 16.3. The van der Waals surface area contributed by atoms with Crippen molar-refractivity contribution in [3.05, 3.63) is 0 Å². The van der Waals surface area contributed by atoms with Crippen LogP contribution in [0.4, 0.5) is 0 Å². The van der Waals surface area contributed by atoms with E-state index in [0.717, 1.165) is 12.8 Å². The van der Waals surface area contributed by atoms with Gasteiger partial charge in [-0.2, -0.15) is 0 Å². The molecule has 0 spiro atoms. The average Bonchev–Trinajstić information content (AvgIpc) is 1.98. The molecule has 2 heteroatoms.